The van der Waals surface area contributed by atoms with Gasteiger partial charge in [0.1, 0.15) is 5.75 Å². The quantitative estimate of drug-likeness (QED) is 0.265. The minimum Gasteiger partial charge on any atom is -0.508 e. The van der Waals surface area contributed by atoms with Gasteiger partial charge in [-0.2, -0.15) is 0 Å². The lowest BCUT2D eigenvalue weighted by molar-refractivity contribution is -0.117. The van der Waals surface area contributed by atoms with Gasteiger partial charge in [-0.15, -0.1) is 0 Å². The van der Waals surface area contributed by atoms with Crippen LogP contribution in [0.4, 0.5) is 5.69 Å². The van der Waals surface area contributed by atoms with Crippen molar-refractivity contribution in [3.63, 3.8) is 0 Å². The van der Waals surface area contributed by atoms with Crippen molar-refractivity contribution in [2.24, 2.45) is 0 Å². The first-order chi connectivity index (χ1) is 17.2. The maximum Gasteiger partial charge on any atom is 0.294 e. The van der Waals surface area contributed by atoms with E-state index in [0.29, 0.717) is 27.4 Å². The third-order valence-corrected chi connectivity index (χ3v) is 6.79. The maximum absolute atomic E-state index is 13.7. The van der Waals surface area contributed by atoms with Crippen LogP contribution in [0.1, 0.15) is 22.2 Å². The summed E-state index contributed by atoms with van der Waals surface area (Å²) in [6, 6.07) is 14.0. The van der Waals surface area contributed by atoms with Crippen LogP contribution in [0.2, 0.25) is 15.1 Å². The zero-order chi connectivity index (χ0) is 25.7. The van der Waals surface area contributed by atoms with Crippen molar-refractivity contribution >= 4 is 63.1 Å². The predicted molar refractivity (Wildman–Crippen MR) is 137 cm³/mol. The Labute approximate surface area is 219 Å². The molecule has 2 N–H and O–H groups in total. The van der Waals surface area contributed by atoms with Crippen molar-refractivity contribution < 1.29 is 29.0 Å². The molecule has 1 aliphatic heterocycles. The van der Waals surface area contributed by atoms with Crippen LogP contribution in [0, 0.1) is 0 Å². The van der Waals surface area contributed by atoms with E-state index >= 15 is 0 Å². The molecule has 0 saturated carbocycles. The zero-order valence-electron chi connectivity index (χ0n) is 18.5. The Bertz CT molecular complexity index is 1570. The number of rotatable bonds is 5. The Balaban J connectivity index is 1.67. The zero-order valence-corrected chi connectivity index (χ0v) is 20.7. The van der Waals surface area contributed by atoms with Crippen LogP contribution in [0.5, 0.6) is 11.5 Å². The normalized spacial score (nSPS) is 15.7. The molecule has 1 aliphatic rings. The van der Waals surface area contributed by atoms with Crippen molar-refractivity contribution in [3.05, 3.63) is 98.4 Å². The highest BCUT2D eigenvalue weighted by atomic mass is 35.5. The molecule has 4 aromatic rings. The summed E-state index contributed by atoms with van der Waals surface area (Å²) in [5, 5.41) is 22.1. The summed E-state index contributed by atoms with van der Waals surface area (Å²) in [5.41, 5.74) is 0.842. The highest BCUT2D eigenvalue weighted by Gasteiger charge is 2.45. The molecule has 3 aromatic carbocycles. The molecule has 10 heteroatoms. The molecule has 5 rings (SSSR count). The number of benzene rings is 3. The number of anilines is 1. The maximum atomic E-state index is 13.7. The fraction of sp³-hybridized carbons (Fsp3) is 0.0769. The summed E-state index contributed by atoms with van der Waals surface area (Å²) in [4.78, 5) is 28.3. The number of phenolic OH excluding ortho intramolecular Hbond substituents is 1. The molecule has 0 fully saturated rings. The number of carbonyl (C=O) groups excluding carboxylic acids is 2. The average molecular weight is 545 g/mol. The molecule has 1 aromatic heterocycles. The largest absolute Gasteiger partial charge is 0.508 e. The number of fused-ring (bicyclic) bond motifs is 1. The highest BCUT2D eigenvalue weighted by molar-refractivity contribution is 6.42. The highest BCUT2D eigenvalue weighted by Crippen LogP contribution is 2.44. The van der Waals surface area contributed by atoms with Gasteiger partial charge in [0.15, 0.2) is 22.9 Å². The second-order valence-electron chi connectivity index (χ2n) is 8.00. The van der Waals surface area contributed by atoms with Gasteiger partial charge in [0, 0.05) is 22.2 Å². The minimum atomic E-state index is -1.05. The van der Waals surface area contributed by atoms with E-state index in [4.69, 9.17) is 44.0 Å². The molecule has 0 aliphatic carbocycles. The number of nitrogens with zero attached hydrogens (tertiary/aromatic N) is 1. The van der Waals surface area contributed by atoms with Crippen molar-refractivity contribution in [2.45, 2.75) is 6.04 Å². The smallest absolute Gasteiger partial charge is 0.294 e. The lowest BCUT2D eigenvalue weighted by Crippen LogP contribution is -2.31. The number of hydrogen-bond donors (Lipinski definition) is 2. The summed E-state index contributed by atoms with van der Waals surface area (Å²) in [6.07, 6.45) is 0. The number of carbonyl (C=O) groups is 2. The Hall–Kier alpha value is -3.65. The fourth-order valence-electron chi connectivity index (χ4n) is 4.19. The Morgan fingerprint density at radius 3 is 2.36 bits per heavy atom. The van der Waals surface area contributed by atoms with Crippen LogP contribution in [-0.2, 0) is 4.79 Å². The number of amides is 1. The van der Waals surface area contributed by atoms with Crippen LogP contribution < -0.4 is 9.64 Å². The van der Waals surface area contributed by atoms with E-state index < -0.39 is 23.5 Å². The van der Waals surface area contributed by atoms with Crippen molar-refractivity contribution in [1.82, 2.24) is 0 Å². The first-order valence-corrected chi connectivity index (χ1v) is 11.7. The van der Waals surface area contributed by atoms with Crippen LogP contribution in [0.25, 0.3) is 11.0 Å². The molecule has 0 radical (unpaired) electrons. The Kier molecular flexibility index (Phi) is 6.08. The van der Waals surface area contributed by atoms with Crippen LogP contribution in [0.3, 0.4) is 0 Å². The third kappa shape index (κ3) is 3.95. The van der Waals surface area contributed by atoms with E-state index in [1.165, 1.54) is 42.3 Å². The van der Waals surface area contributed by atoms with Gasteiger partial charge in [0.25, 0.3) is 5.91 Å². The molecule has 1 unspecified atom stereocenters. The molecule has 0 bridgehead atoms. The van der Waals surface area contributed by atoms with E-state index in [1.807, 2.05) is 0 Å². The average Bonchev–Trinajstić information content (AvgIpc) is 3.39. The molecule has 36 heavy (non-hydrogen) atoms. The summed E-state index contributed by atoms with van der Waals surface area (Å²) >= 11 is 18.4. The number of aromatic hydroxyl groups is 1. The van der Waals surface area contributed by atoms with Gasteiger partial charge in [-0.1, -0.05) is 46.9 Å². The molecule has 2 heterocycles. The van der Waals surface area contributed by atoms with Gasteiger partial charge >= 0.3 is 0 Å². The van der Waals surface area contributed by atoms with E-state index in [2.05, 4.69) is 0 Å². The van der Waals surface area contributed by atoms with Gasteiger partial charge in [0.05, 0.1) is 28.8 Å². The Morgan fingerprint density at radius 2 is 1.69 bits per heavy atom. The lowest BCUT2D eigenvalue weighted by atomic mass is 9.94. The van der Waals surface area contributed by atoms with Gasteiger partial charge in [-0.3, -0.25) is 14.5 Å². The number of aliphatic hydroxyl groups is 1. The summed E-state index contributed by atoms with van der Waals surface area (Å²) in [5.74, 6) is -2.08. The molecule has 7 nitrogen and oxygen atoms in total. The summed E-state index contributed by atoms with van der Waals surface area (Å²) in [7, 11) is 1.44. The van der Waals surface area contributed by atoms with E-state index in [9.17, 15) is 19.8 Å². The monoisotopic (exact) mass is 543 g/mol. The lowest BCUT2D eigenvalue weighted by Gasteiger charge is -2.27. The number of Topliss-reactive ketones (excluding diaryl/α,β-unsaturated/α-hetero) is 1. The molecule has 0 saturated heterocycles. The second kappa shape index (κ2) is 9.09. The Morgan fingerprint density at radius 1 is 0.972 bits per heavy atom. The number of ketones is 1. The summed E-state index contributed by atoms with van der Waals surface area (Å²) < 4.78 is 11.1. The molecule has 0 spiro atoms. The topological polar surface area (TPSA) is 100 Å². The fourth-order valence-corrected chi connectivity index (χ4v) is 4.70. The predicted octanol–water partition coefficient (Wildman–Crippen LogP) is 6.89. The van der Waals surface area contributed by atoms with Crippen molar-refractivity contribution in [2.75, 3.05) is 12.0 Å². The van der Waals surface area contributed by atoms with Crippen LogP contribution >= 0.6 is 34.8 Å². The standard InChI is InChI=1S/C26H16Cl3NO6/c1-35-20-10-14(27)8-13-9-19(36-25(13)20)23(32)21-22(12-2-5-16(31)6-3-12)30(26(34)24(21)33)15-4-7-17(28)18(29)11-15/h2-11,22,31,33H,1H3. The number of ether oxygens (including phenoxy) is 1. The number of aliphatic hydroxyl groups excluding tert-OH is 1. The molecule has 182 valence electrons. The minimum absolute atomic E-state index is 0.00787. The van der Waals surface area contributed by atoms with Gasteiger partial charge in [0.2, 0.25) is 5.78 Å². The SMILES string of the molecule is COc1cc(Cl)cc2cc(C(=O)C3=C(O)C(=O)N(c4ccc(Cl)c(Cl)c4)C3c3ccc(O)cc3)oc12. The summed E-state index contributed by atoms with van der Waals surface area (Å²) in [6.45, 7) is 0. The number of halogens is 3. The van der Waals surface area contributed by atoms with E-state index in [-0.39, 0.29) is 32.7 Å². The van der Waals surface area contributed by atoms with Gasteiger partial charge in [-0.05, 0) is 48.0 Å². The molecule has 1 amide bonds. The number of methoxy groups -OCH3 is 1. The first-order valence-electron chi connectivity index (χ1n) is 10.5. The number of hydrogen-bond acceptors (Lipinski definition) is 6. The van der Waals surface area contributed by atoms with E-state index in [1.54, 1.807) is 30.3 Å². The molecular formula is C26H16Cl3NO6. The molecular weight excluding hydrogens is 529 g/mol. The number of phenols is 1. The van der Waals surface area contributed by atoms with Crippen LogP contribution in [-0.4, -0.2) is 29.0 Å². The number of furan rings is 1. The van der Waals surface area contributed by atoms with Gasteiger partial charge < -0.3 is 19.4 Å². The third-order valence-electron chi connectivity index (χ3n) is 5.83. The van der Waals surface area contributed by atoms with Gasteiger partial charge in [-0.25, -0.2) is 0 Å². The molecule has 1 atom stereocenters. The van der Waals surface area contributed by atoms with Crippen LogP contribution in [0.15, 0.2) is 76.4 Å². The first kappa shape index (κ1) is 24.1. The van der Waals surface area contributed by atoms with Crippen molar-refractivity contribution in [1.29, 1.82) is 0 Å². The van der Waals surface area contributed by atoms with E-state index in [0.717, 1.165) is 0 Å². The second-order valence-corrected chi connectivity index (χ2v) is 9.25. The van der Waals surface area contributed by atoms with Crippen molar-refractivity contribution in [3.8, 4) is 11.5 Å².